The molecule has 2 aliphatic rings. The van der Waals surface area contributed by atoms with E-state index in [0.29, 0.717) is 11.7 Å². The summed E-state index contributed by atoms with van der Waals surface area (Å²) in [6.07, 6.45) is 9.57. The minimum absolute atomic E-state index is 0.523. The summed E-state index contributed by atoms with van der Waals surface area (Å²) in [6, 6.07) is 0. The molecule has 1 heterocycles. The van der Waals surface area contributed by atoms with Crippen LogP contribution in [0.1, 0.15) is 58.3 Å². The Morgan fingerprint density at radius 2 is 2.00 bits per heavy atom. The molecule has 98 valence electrons. The molecule has 2 fully saturated rings. The van der Waals surface area contributed by atoms with E-state index in [1.54, 1.807) is 0 Å². The molecule has 2 atom stereocenters. The summed E-state index contributed by atoms with van der Waals surface area (Å²) in [7, 11) is 0. The fourth-order valence-corrected chi connectivity index (χ4v) is 3.51. The lowest BCUT2D eigenvalue weighted by molar-refractivity contribution is -0.121. The summed E-state index contributed by atoms with van der Waals surface area (Å²) in [4.78, 5) is 12.0. The number of Topliss-reactive ketones (excluding diaryl/α,β-unsaturated/α-hetero) is 1. The Bertz CT molecular complexity index is 239. The zero-order valence-electron chi connectivity index (χ0n) is 11.2. The van der Waals surface area contributed by atoms with Gasteiger partial charge in [-0.1, -0.05) is 32.6 Å². The Labute approximate surface area is 106 Å². The number of hydrogen-bond donors (Lipinski definition) is 1. The first kappa shape index (κ1) is 13.1. The van der Waals surface area contributed by atoms with Crippen molar-refractivity contribution in [3.63, 3.8) is 0 Å². The van der Waals surface area contributed by atoms with Crippen LogP contribution in [0.4, 0.5) is 0 Å². The molecule has 1 saturated carbocycles. The maximum Gasteiger partial charge on any atom is 0.133 e. The van der Waals surface area contributed by atoms with Crippen LogP contribution in [0, 0.1) is 17.8 Å². The summed E-state index contributed by atoms with van der Waals surface area (Å²) < 4.78 is 0. The molecule has 0 aromatic heterocycles. The van der Waals surface area contributed by atoms with E-state index in [1.165, 1.54) is 45.1 Å². The van der Waals surface area contributed by atoms with Gasteiger partial charge in [-0.05, 0) is 43.7 Å². The van der Waals surface area contributed by atoms with Crippen LogP contribution in [0.15, 0.2) is 0 Å². The third kappa shape index (κ3) is 4.09. The quantitative estimate of drug-likeness (QED) is 0.796. The number of piperidine rings is 1. The highest BCUT2D eigenvalue weighted by Crippen LogP contribution is 2.29. The molecule has 0 aromatic carbocycles. The van der Waals surface area contributed by atoms with Gasteiger partial charge in [0, 0.05) is 12.8 Å². The van der Waals surface area contributed by atoms with E-state index in [4.69, 9.17) is 0 Å². The van der Waals surface area contributed by atoms with Gasteiger partial charge in [0.1, 0.15) is 5.78 Å². The molecule has 1 saturated heterocycles. The number of rotatable bonds is 5. The molecule has 2 unspecified atom stereocenters. The number of ketones is 1. The predicted octanol–water partition coefficient (Wildman–Crippen LogP) is 3.16. The molecule has 0 amide bonds. The van der Waals surface area contributed by atoms with Crippen LogP contribution in [0.5, 0.6) is 0 Å². The topological polar surface area (TPSA) is 29.1 Å². The normalized spacial score (nSPS) is 28.2. The van der Waals surface area contributed by atoms with E-state index >= 15 is 0 Å². The summed E-state index contributed by atoms with van der Waals surface area (Å²) >= 11 is 0. The summed E-state index contributed by atoms with van der Waals surface area (Å²) in [5.41, 5.74) is 0. The minimum Gasteiger partial charge on any atom is -0.316 e. The van der Waals surface area contributed by atoms with Crippen LogP contribution in [0.2, 0.25) is 0 Å². The lowest BCUT2D eigenvalue weighted by Crippen LogP contribution is -2.34. The van der Waals surface area contributed by atoms with Crippen molar-refractivity contribution in [1.29, 1.82) is 0 Å². The summed E-state index contributed by atoms with van der Waals surface area (Å²) in [5, 5.41) is 3.45. The molecule has 1 aliphatic carbocycles. The molecule has 0 spiro atoms. The van der Waals surface area contributed by atoms with Crippen molar-refractivity contribution < 1.29 is 4.79 Å². The molecule has 2 heteroatoms. The van der Waals surface area contributed by atoms with Gasteiger partial charge in [0.15, 0.2) is 0 Å². The third-order valence-corrected chi connectivity index (χ3v) is 4.68. The van der Waals surface area contributed by atoms with Gasteiger partial charge in [0.25, 0.3) is 0 Å². The SMILES string of the molecule is CC(CC(=O)CC1CCCC1)C1CCCNC1. The average Bonchev–Trinajstić information content (AvgIpc) is 2.82. The highest BCUT2D eigenvalue weighted by molar-refractivity contribution is 5.78. The highest BCUT2D eigenvalue weighted by atomic mass is 16.1. The Morgan fingerprint density at radius 3 is 2.65 bits per heavy atom. The predicted molar refractivity (Wildman–Crippen MR) is 71.0 cm³/mol. The lowest BCUT2D eigenvalue weighted by atomic mass is 9.83. The Hall–Kier alpha value is -0.370. The highest BCUT2D eigenvalue weighted by Gasteiger charge is 2.24. The van der Waals surface area contributed by atoms with Gasteiger partial charge < -0.3 is 5.32 Å². The molecular weight excluding hydrogens is 210 g/mol. The van der Waals surface area contributed by atoms with Gasteiger partial charge in [0.2, 0.25) is 0 Å². The first-order valence-electron chi connectivity index (χ1n) is 7.48. The molecule has 0 aromatic rings. The smallest absolute Gasteiger partial charge is 0.133 e. The van der Waals surface area contributed by atoms with Gasteiger partial charge in [-0.3, -0.25) is 4.79 Å². The van der Waals surface area contributed by atoms with Crippen molar-refractivity contribution in [3.05, 3.63) is 0 Å². The zero-order chi connectivity index (χ0) is 12.1. The maximum atomic E-state index is 12.0. The monoisotopic (exact) mass is 237 g/mol. The number of nitrogens with one attached hydrogen (secondary N) is 1. The van der Waals surface area contributed by atoms with Crippen molar-refractivity contribution in [2.24, 2.45) is 17.8 Å². The fourth-order valence-electron chi connectivity index (χ4n) is 3.51. The third-order valence-electron chi connectivity index (χ3n) is 4.68. The second kappa shape index (κ2) is 6.53. The Kier molecular flexibility index (Phi) is 5.02. The van der Waals surface area contributed by atoms with Gasteiger partial charge in [-0.15, -0.1) is 0 Å². The van der Waals surface area contributed by atoms with E-state index in [2.05, 4.69) is 12.2 Å². The number of hydrogen-bond acceptors (Lipinski definition) is 2. The minimum atomic E-state index is 0.523. The second-order valence-corrected chi connectivity index (χ2v) is 6.18. The van der Waals surface area contributed by atoms with Crippen LogP contribution in [0.3, 0.4) is 0 Å². The van der Waals surface area contributed by atoms with Crippen LogP contribution in [-0.4, -0.2) is 18.9 Å². The van der Waals surface area contributed by atoms with Gasteiger partial charge in [0.05, 0.1) is 0 Å². The first-order chi connectivity index (χ1) is 8.25. The van der Waals surface area contributed by atoms with E-state index in [-0.39, 0.29) is 0 Å². The summed E-state index contributed by atoms with van der Waals surface area (Å²) in [5.74, 6) is 2.56. The average molecular weight is 237 g/mol. The fraction of sp³-hybridized carbons (Fsp3) is 0.933. The molecular formula is C15H27NO. The van der Waals surface area contributed by atoms with Gasteiger partial charge in [-0.2, -0.15) is 0 Å². The van der Waals surface area contributed by atoms with Gasteiger partial charge in [-0.25, -0.2) is 0 Å². The molecule has 1 aliphatic heterocycles. The van der Waals surface area contributed by atoms with Crippen LogP contribution in [0.25, 0.3) is 0 Å². The van der Waals surface area contributed by atoms with Crippen LogP contribution >= 0.6 is 0 Å². The van der Waals surface area contributed by atoms with Crippen molar-refractivity contribution in [2.75, 3.05) is 13.1 Å². The first-order valence-corrected chi connectivity index (χ1v) is 7.48. The van der Waals surface area contributed by atoms with Crippen molar-refractivity contribution >= 4 is 5.78 Å². The van der Waals surface area contributed by atoms with Gasteiger partial charge >= 0.3 is 0 Å². The number of carbonyl (C=O) groups is 1. The van der Waals surface area contributed by atoms with E-state index in [0.717, 1.165) is 31.2 Å². The molecule has 1 N–H and O–H groups in total. The van der Waals surface area contributed by atoms with Crippen LogP contribution < -0.4 is 5.32 Å². The van der Waals surface area contributed by atoms with E-state index < -0.39 is 0 Å². The van der Waals surface area contributed by atoms with E-state index in [9.17, 15) is 4.79 Å². The molecule has 2 rings (SSSR count). The Balaban J connectivity index is 1.69. The van der Waals surface area contributed by atoms with E-state index in [1.807, 2.05) is 0 Å². The van der Waals surface area contributed by atoms with Crippen LogP contribution in [-0.2, 0) is 4.79 Å². The lowest BCUT2D eigenvalue weighted by Gasteiger charge is -2.28. The standard InChI is InChI=1S/C15H27NO/c1-12(14-7-4-8-16-11-14)9-15(17)10-13-5-2-3-6-13/h12-14,16H,2-11H2,1H3. The zero-order valence-corrected chi connectivity index (χ0v) is 11.2. The number of carbonyl (C=O) groups excluding carboxylic acids is 1. The molecule has 0 radical (unpaired) electrons. The van der Waals surface area contributed by atoms with Crippen molar-refractivity contribution in [3.8, 4) is 0 Å². The Morgan fingerprint density at radius 1 is 1.24 bits per heavy atom. The largest absolute Gasteiger partial charge is 0.316 e. The molecule has 17 heavy (non-hydrogen) atoms. The second-order valence-electron chi connectivity index (χ2n) is 6.18. The molecule has 0 bridgehead atoms. The molecule has 2 nitrogen and oxygen atoms in total. The van der Waals surface area contributed by atoms with Crippen molar-refractivity contribution in [1.82, 2.24) is 5.32 Å². The maximum absolute atomic E-state index is 12.0. The summed E-state index contributed by atoms with van der Waals surface area (Å²) in [6.45, 7) is 4.56. The van der Waals surface area contributed by atoms with Crippen molar-refractivity contribution in [2.45, 2.75) is 58.3 Å².